The summed E-state index contributed by atoms with van der Waals surface area (Å²) in [5, 5.41) is 9.13. The van der Waals surface area contributed by atoms with Crippen molar-refractivity contribution in [2.45, 2.75) is 37.7 Å². The Morgan fingerprint density at radius 1 is 1.30 bits per heavy atom. The zero-order valence-electron chi connectivity index (χ0n) is 17.6. The van der Waals surface area contributed by atoms with Gasteiger partial charge < -0.3 is 15.7 Å². The van der Waals surface area contributed by atoms with Gasteiger partial charge in [-0.15, -0.1) is 0 Å². The molecule has 1 saturated heterocycles. The van der Waals surface area contributed by atoms with Crippen LogP contribution < -0.4 is 10.6 Å². The summed E-state index contributed by atoms with van der Waals surface area (Å²) in [6.07, 6.45) is -7.98. The molecule has 2 fully saturated rings. The molecule has 1 aromatic heterocycles. The summed E-state index contributed by atoms with van der Waals surface area (Å²) >= 11 is 0. The zero-order valence-corrected chi connectivity index (χ0v) is 17.6. The Morgan fingerprint density at radius 3 is 2.39 bits per heavy atom. The number of alkyl halides is 6. The normalized spacial score (nSPS) is 26.1. The standard InChI is InChI=1S/C21H22F6N4O2/c1-4-13(16(10(2)3)21(25,26)27)11-5-12-8-31(9-19(12,28)7-11)18-29-14(17(32)33)6-15(30-18)20(22,23)24/h4,6,11-12H,1-2,5,7-9,28H2,3H3,(H,32,33). The Hall–Kier alpha value is -2.89. The fourth-order valence-corrected chi connectivity index (χ4v) is 4.77. The third-order valence-electron chi connectivity index (χ3n) is 6.10. The van der Waals surface area contributed by atoms with Gasteiger partial charge in [0, 0.05) is 24.7 Å². The van der Waals surface area contributed by atoms with E-state index in [4.69, 9.17) is 10.8 Å². The molecule has 0 spiro atoms. The van der Waals surface area contributed by atoms with Crippen LogP contribution in [0.25, 0.3) is 0 Å². The van der Waals surface area contributed by atoms with Gasteiger partial charge in [-0.25, -0.2) is 14.8 Å². The van der Waals surface area contributed by atoms with Crippen molar-refractivity contribution in [3.05, 3.63) is 53.4 Å². The molecular formula is C21H22F6N4O2. The SMILES string of the molecule is C=CC(=C(C(=C)C)C(F)(F)F)C1CC2CN(c3nc(C(=O)O)cc(C(F)(F)F)n3)CC2(N)C1. The first kappa shape index (κ1) is 24.7. The van der Waals surface area contributed by atoms with Crippen LogP contribution in [-0.2, 0) is 6.18 Å². The van der Waals surface area contributed by atoms with Crippen LogP contribution in [0.1, 0.15) is 35.9 Å². The summed E-state index contributed by atoms with van der Waals surface area (Å²) in [6, 6.07) is 0.342. The number of anilines is 1. The Kier molecular flexibility index (Phi) is 6.12. The minimum Gasteiger partial charge on any atom is -0.477 e. The molecule has 1 aliphatic carbocycles. The molecule has 1 aromatic rings. The number of hydrogen-bond donors (Lipinski definition) is 2. The van der Waals surface area contributed by atoms with Gasteiger partial charge in [-0.1, -0.05) is 19.2 Å². The molecule has 0 radical (unpaired) electrons. The molecular weight excluding hydrogens is 454 g/mol. The Bertz CT molecular complexity index is 1030. The molecule has 0 bridgehead atoms. The Morgan fingerprint density at radius 2 is 1.94 bits per heavy atom. The minimum atomic E-state index is -4.89. The van der Waals surface area contributed by atoms with Crippen LogP contribution in [0.5, 0.6) is 0 Å². The van der Waals surface area contributed by atoms with E-state index in [0.717, 1.165) is 6.08 Å². The van der Waals surface area contributed by atoms with Crippen LogP contribution in [0.2, 0.25) is 0 Å². The first-order chi connectivity index (χ1) is 15.1. The van der Waals surface area contributed by atoms with E-state index in [9.17, 15) is 31.1 Å². The molecule has 33 heavy (non-hydrogen) atoms. The molecule has 180 valence electrons. The van der Waals surface area contributed by atoms with Crippen molar-refractivity contribution in [1.82, 2.24) is 9.97 Å². The fourth-order valence-electron chi connectivity index (χ4n) is 4.77. The molecule has 3 rings (SSSR count). The van der Waals surface area contributed by atoms with Crippen molar-refractivity contribution in [1.29, 1.82) is 0 Å². The molecule has 3 atom stereocenters. The van der Waals surface area contributed by atoms with Crippen LogP contribution in [0.3, 0.4) is 0 Å². The number of carboxylic acids is 1. The number of aromatic carboxylic acids is 1. The van der Waals surface area contributed by atoms with E-state index in [1.807, 2.05) is 0 Å². The lowest BCUT2D eigenvalue weighted by molar-refractivity contribution is -0.141. The molecule has 6 nitrogen and oxygen atoms in total. The largest absolute Gasteiger partial charge is 0.477 e. The highest BCUT2D eigenvalue weighted by Crippen LogP contribution is 2.49. The molecule has 3 unspecified atom stereocenters. The summed E-state index contributed by atoms with van der Waals surface area (Å²) in [5.74, 6) is -3.02. The second-order valence-corrected chi connectivity index (χ2v) is 8.50. The summed E-state index contributed by atoms with van der Waals surface area (Å²) in [4.78, 5) is 19.8. The average Bonchev–Trinajstić information content (AvgIpc) is 3.15. The summed E-state index contributed by atoms with van der Waals surface area (Å²) in [5.41, 5.74) is 2.23. The van der Waals surface area contributed by atoms with Gasteiger partial charge in [-0.05, 0) is 42.7 Å². The fraction of sp³-hybridized carbons (Fsp3) is 0.476. The number of carboxylic acid groups (broad SMARTS) is 1. The number of aromatic nitrogens is 2. The van der Waals surface area contributed by atoms with E-state index in [2.05, 4.69) is 23.1 Å². The molecule has 12 heteroatoms. The molecule has 3 N–H and O–H groups in total. The predicted octanol–water partition coefficient (Wildman–Crippen LogP) is 4.36. The van der Waals surface area contributed by atoms with Crippen LogP contribution in [0, 0.1) is 11.8 Å². The highest BCUT2D eigenvalue weighted by molar-refractivity contribution is 5.85. The summed E-state index contributed by atoms with van der Waals surface area (Å²) in [7, 11) is 0. The topological polar surface area (TPSA) is 92.3 Å². The maximum Gasteiger partial charge on any atom is 0.433 e. The van der Waals surface area contributed by atoms with Gasteiger partial charge in [0.05, 0.1) is 5.57 Å². The van der Waals surface area contributed by atoms with Gasteiger partial charge in [-0.2, -0.15) is 26.3 Å². The summed E-state index contributed by atoms with van der Waals surface area (Å²) in [6.45, 7) is 8.26. The highest BCUT2D eigenvalue weighted by Gasteiger charge is 2.53. The van der Waals surface area contributed by atoms with Gasteiger partial charge >= 0.3 is 18.3 Å². The number of nitrogens with two attached hydrogens (primary N) is 1. The number of carbonyl (C=O) groups is 1. The molecule has 0 aromatic carbocycles. The van der Waals surface area contributed by atoms with Crippen LogP contribution in [0.4, 0.5) is 32.3 Å². The molecule has 1 saturated carbocycles. The number of hydrogen-bond acceptors (Lipinski definition) is 5. The number of allylic oxidation sites excluding steroid dienone is 4. The maximum atomic E-state index is 13.6. The monoisotopic (exact) mass is 476 g/mol. The Labute approximate surface area is 185 Å². The molecule has 2 aliphatic rings. The van der Waals surface area contributed by atoms with E-state index in [-0.39, 0.29) is 43.0 Å². The predicted molar refractivity (Wildman–Crippen MR) is 107 cm³/mol. The molecule has 1 aliphatic heterocycles. The van der Waals surface area contributed by atoms with Gasteiger partial charge in [0.25, 0.3) is 0 Å². The molecule has 0 amide bonds. The smallest absolute Gasteiger partial charge is 0.433 e. The zero-order chi connectivity index (χ0) is 24.9. The summed E-state index contributed by atoms with van der Waals surface area (Å²) < 4.78 is 80.4. The lowest BCUT2D eigenvalue weighted by Gasteiger charge is -2.26. The second kappa shape index (κ2) is 8.15. The van der Waals surface area contributed by atoms with Gasteiger partial charge in [0.2, 0.25) is 5.95 Å². The van der Waals surface area contributed by atoms with E-state index in [1.54, 1.807) is 0 Å². The number of rotatable bonds is 5. The lowest BCUT2D eigenvalue weighted by atomic mass is 9.87. The number of halogens is 6. The Balaban J connectivity index is 1.92. The van der Waals surface area contributed by atoms with Gasteiger partial charge in [0.15, 0.2) is 11.4 Å². The van der Waals surface area contributed by atoms with Crippen molar-refractivity contribution in [3.63, 3.8) is 0 Å². The first-order valence-electron chi connectivity index (χ1n) is 9.90. The minimum absolute atomic E-state index is 0.00995. The van der Waals surface area contributed by atoms with Crippen molar-refractivity contribution >= 4 is 11.9 Å². The number of nitrogens with zero attached hydrogens (tertiary/aromatic N) is 3. The second-order valence-electron chi connectivity index (χ2n) is 8.50. The van der Waals surface area contributed by atoms with Crippen molar-refractivity contribution < 1.29 is 36.2 Å². The van der Waals surface area contributed by atoms with Crippen LogP contribution >= 0.6 is 0 Å². The van der Waals surface area contributed by atoms with Crippen LogP contribution in [-0.4, -0.2) is 45.8 Å². The van der Waals surface area contributed by atoms with E-state index < -0.39 is 52.7 Å². The number of fused-ring (bicyclic) bond motifs is 1. The van der Waals surface area contributed by atoms with Gasteiger partial charge in [0.1, 0.15) is 0 Å². The third kappa shape index (κ3) is 4.75. The van der Waals surface area contributed by atoms with E-state index in [1.165, 1.54) is 11.8 Å². The van der Waals surface area contributed by atoms with E-state index >= 15 is 0 Å². The van der Waals surface area contributed by atoms with E-state index in [0.29, 0.717) is 6.07 Å². The van der Waals surface area contributed by atoms with Crippen molar-refractivity contribution in [2.75, 3.05) is 18.0 Å². The molecule has 2 heterocycles. The average molecular weight is 476 g/mol. The highest BCUT2D eigenvalue weighted by atomic mass is 19.4. The maximum absolute atomic E-state index is 13.6. The quantitative estimate of drug-likeness (QED) is 0.485. The van der Waals surface area contributed by atoms with Crippen LogP contribution in [0.15, 0.2) is 42.0 Å². The van der Waals surface area contributed by atoms with Crippen molar-refractivity contribution in [2.24, 2.45) is 17.6 Å². The van der Waals surface area contributed by atoms with Crippen molar-refractivity contribution in [3.8, 4) is 0 Å². The third-order valence-corrected chi connectivity index (χ3v) is 6.10. The van der Waals surface area contributed by atoms with Gasteiger partial charge in [-0.3, -0.25) is 0 Å². The first-order valence-corrected chi connectivity index (χ1v) is 9.90. The lowest BCUT2D eigenvalue weighted by Crippen LogP contribution is -2.45.